The molecule has 0 aromatic heterocycles. The zero-order chi connectivity index (χ0) is 23.3. The lowest BCUT2D eigenvalue weighted by Gasteiger charge is -2.37. The molecule has 1 aromatic carbocycles. The monoisotopic (exact) mass is 459 g/mol. The fraction of sp³-hybridized carbons (Fsp3) is 0.625. The first-order valence-corrected chi connectivity index (χ1v) is 12.2. The Morgan fingerprint density at radius 2 is 1.94 bits per heavy atom. The van der Waals surface area contributed by atoms with Crippen molar-refractivity contribution in [2.24, 2.45) is 11.8 Å². The van der Waals surface area contributed by atoms with Gasteiger partial charge in [0.2, 0.25) is 17.7 Å². The van der Waals surface area contributed by atoms with Gasteiger partial charge in [0.25, 0.3) is 0 Å². The number of aliphatic hydroxyl groups is 1. The maximum absolute atomic E-state index is 13.7. The predicted octanol–water partition coefficient (Wildman–Crippen LogP) is 1.69. The van der Waals surface area contributed by atoms with Crippen molar-refractivity contribution in [1.82, 2.24) is 15.5 Å². The lowest BCUT2D eigenvalue weighted by Crippen LogP contribution is -2.58. The van der Waals surface area contributed by atoms with Gasteiger partial charge in [0.05, 0.1) is 29.2 Å². The highest BCUT2D eigenvalue weighted by Crippen LogP contribution is 2.66. The van der Waals surface area contributed by atoms with Crippen LogP contribution < -0.4 is 10.6 Å². The van der Waals surface area contributed by atoms with Crippen molar-refractivity contribution < 1.29 is 19.5 Å². The molecule has 2 bridgehead atoms. The van der Waals surface area contributed by atoms with E-state index < -0.39 is 34.2 Å². The molecule has 6 atom stereocenters. The van der Waals surface area contributed by atoms with Gasteiger partial charge in [-0.3, -0.25) is 14.4 Å². The summed E-state index contributed by atoms with van der Waals surface area (Å²) in [6.07, 6.45) is 1.52. The Morgan fingerprint density at radius 1 is 1.25 bits per heavy atom. The average molecular weight is 460 g/mol. The highest BCUT2D eigenvalue weighted by molar-refractivity contribution is 8.02. The number of nitrogens with zero attached hydrogens (tertiary/aromatic N) is 1. The highest BCUT2D eigenvalue weighted by Gasteiger charge is 2.74. The molecule has 8 heteroatoms. The molecule has 1 aromatic rings. The van der Waals surface area contributed by atoms with Crippen LogP contribution in [0.3, 0.4) is 0 Å². The summed E-state index contributed by atoms with van der Waals surface area (Å²) in [5, 5.41) is 15.9. The Labute approximate surface area is 193 Å². The van der Waals surface area contributed by atoms with Crippen molar-refractivity contribution in [3.63, 3.8) is 0 Å². The molecule has 0 radical (unpaired) electrons. The lowest BCUT2D eigenvalue weighted by atomic mass is 9.70. The van der Waals surface area contributed by atoms with E-state index in [-0.39, 0.29) is 29.6 Å². The second kappa shape index (κ2) is 8.37. The topological polar surface area (TPSA) is 98.7 Å². The summed E-state index contributed by atoms with van der Waals surface area (Å²) in [6.45, 7) is 7.68. The molecule has 32 heavy (non-hydrogen) atoms. The minimum Gasteiger partial charge on any atom is -0.394 e. The molecule has 3 fully saturated rings. The van der Waals surface area contributed by atoms with Gasteiger partial charge in [-0.2, -0.15) is 0 Å². The first kappa shape index (κ1) is 23.1. The Balaban J connectivity index is 1.63. The van der Waals surface area contributed by atoms with Crippen molar-refractivity contribution in [1.29, 1.82) is 0 Å². The van der Waals surface area contributed by atoms with Crippen molar-refractivity contribution in [3.05, 3.63) is 35.9 Å². The molecule has 3 N–H and O–H groups in total. The number of rotatable bonds is 6. The molecule has 3 aliphatic heterocycles. The average Bonchev–Trinajstić information content (AvgIpc) is 3.38. The van der Waals surface area contributed by atoms with Gasteiger partial charge in [-0.25, -0.2) is 0 Å². The molecule has 3 saturated heterocycles. The van der Waals surface area contributed by atoms with Crippen LogP contribution >= 0.6 is 11.8 Å². The van der Waals surface area contributed by atoms with E-state index in [1.54, 1.807) is 23.6 Å². The highest BCUT2D eigenvalue weighted by atomic mass is 32.2. The summed E-state index contributed by atoms with van der Waals surface area (Å²) in [5.74, 6) is -1.53. The first-order valence-electron chi connectivity index (χ1n) is 11.3. The summed E-state index contributed by atoms with van der Waals surface area (Å²) >= 11 is 1.64. The van der Waals surface area contributed by atoms with Crippen molar-refractivity contribution in [2.45, 2.75) is 74.7 Å². The number of carbonyl (C=O) groups is 3. The van der Waals surface area contributed by atoms with E-state index in [1.165, 1.54) is 0 Å². The van der Waals surface area contributed by atoms with Crippen molar-refractivity contribution >= 4 is 29.5 Å². The summed E-state index contributed by atoms with van der Waals surface area (Å²) in [5.41, 5.74) is 0.554. The number of benzene rings is 1. The Morgan fingerprint density at radius 3 is 2.56 bits per heavy atom. The SMILES string of the molecule is C[C@H](CO)N1C(=O)[C@@H]2[C@H](C(=O)NCc3ccccc3)[C@@H]3CCC2(S3)C1C(=O)NC(C)(C)C. The zero-order valence-corrected chi connectivity index (χ0v) is 19.9. The number of carbonyl (C=O) groups excluding carboxylic acids is 3. The van der Waals surface area contributed by atoms with E-state index >= 15 is 0 Å². The van der Waals surface area contributed by atoms with Gasteiger partial charge in [-0.05, 0) is 46.1 Å². The molecular weight excluding hydrogens is 426 g/mol. The normalized spacial score (nSPS) is 32.0. The van der Waals surface area contributed by atoms with Crippen LogP contribution in [0.25, 0.3) is 0 Å². The first-order chi connectivity index (χ1) is 15.1. The molecule has 1 spiro atoms. The molecular formula is C24H33N3O4S. The third-order valence-electron chi connectivity index (χ3n) is 6.84. The number of hydrogen-bond donors (Lipinski definition) is 3. The van der Waals surface area contributed by atoms with Crippen LogP contribution in [0.1, 0.15) is 46.1 Å². The predicted molar refractivity (Wildman–Crippen MR) is 124 cm³/mol. The van der Waals surface area contributed by atoms with Gasteiger partial charge in [0.1, 0.15) is 6.04 Å². The van der Waals surface area contributed by atoms with Crippen molar-refractivity contribution in [3.8, 4) is 0 Å². The number of thioether (sulfide) groups is 1. The van der Waals surface area contributed by atoms with E-state index in [1.807, 2.05) is 51.1 Å². The molecule has 7 nitrogen and oxygen atoms in total. The van der Waals surface area contributed by atoms with Crippen LogP contribution in [0.4, 0.5) is 0 Å². The molecule has 2 unspecified atom stereocenters. The number of likely N-dealkylation sites (tertiary alicyclic amines) is 1. The number of fused-ring (bicyclic) bond motifs is 1. The maximum atomic E-state index is 13.7. The molecule has 0 saturated carbocycles. The van der Waals surface area contributed by atoms with Crippen LogP contribution in [0.5, 0.6) is 0 Å². The number of hydrogen-bond acceptors (Lipinski definition) is 5. The van der Waals surface area contributed by atoms with E-state index in [9.17, 15) is 19.5 Å². The quantitative estimate of drug-likeness (QED) is 0.601. The van der Waals surface area contributed by atoms with Crippen LogP contribution in [-0.2, 0) is 20.9 Å². The molecule has 0 aliphatic carbocycles. The smallest absolute Gasteiger partial charge is 0.244 e. The van der Waals surface area contributed by atoms with Crippen LogP contribution in [0.15, 0.2) is 30.3 Å². The Kier molecular flexibility index (Phi) is 6.05. The molecule has 3 aliphatic rings. The molecule has 4 rings (SSSR count). The fourth-order valence-electron chi connectivity index (χ4n) is 5.59. The number of aliphatic hydroxyl groups excluding tert-OH is 1. The number of nitrogens with one attached hydrogen (secondary N) is 2. The van der Waals surface area contributed by atoms with Crippen LogP contribution in [0, 0.1) is 11.8 Å². The van der Waals surface area contributed by atoms with E-state index in [0.717, 1.165) is 18.4 Å². The Hall–Kier alpha value is -2.06. The summed E-state index contributed by atoms with van der Waals surface area (Å²) in [6, 6.07) is 8.51. The van der Waals surface area contributed by atoms with Crippen LogP contribution in [-0.4, -0.2) is 62.0 Å². The van der Waals surface area contributed by atoms with E-state index in [4.69, 9.17) is 0 Å². The fourth-order valence-corrected chi connectivity index (χ4v) is 7.80. The van der Waals surface area contributed by atoms with Gasteiger partial charge >= 0.3 is 0 Å². The lowest BCUT2D eigenvalue weighted by molar-refractivity contribution is -0.142. The van der Waals surface area contributed by atoms with Gasteiger partial charge in [0.15, 0.2) is 0 Å². The minimum absolute atomic E-state index is 0.0243. The summed E-state index contributed by atoms with van der Waals surface area (Å²) in [7, 11) is 0. The largest absolute Gasteiger partial charge is 0.394 e. The van der Waals surface area contributed by atoms with Crippen LogP contribution in [0.2, 0.25) is 0 Å². The zero-order valence-electron chi connectivity index (χ0n) is 19.1. The summed E-state index contributed by atoms with van der Waals surface area (Å²) < 4.78 is -0.630. The standard InChI is InChI=1S/C24H33N3O4S/c1-14(13-28)27-19(21(30)26-23(2,3)4)24-11-10-16(32-24)17(18(24)22(27)31)20(29)25-12-15-8-6-5-7-9-15/h5-9,14,16-19,28H,10-13H2,1-4H3,(H,25,29)(H,26,30)/t14-,16+,17-,18+,19?,24?/m1/s1. The third-order valence-corrected chi connectivity index (χ3v) is 8.79. The van der Waals surface area contributed by atoms with E-state index in [0.29, 0.717) is 6.54 Å². The summed E-state index contributed by atoms with van der Waals surface area (Å²) in [4.78, 5) is 42.0. The molecule has 174 valence electrons. The molecule has 3 heterocycles. The van der Waals surface area contributed by atoms with Gasteiger partial charge < -0.3 is 20.6 Å². The van der Waals surface area contributed by atoms with Gasteiger partial charge in [-0.1, -0.05) is 30.3 Å². The second-order valence-electron chi connectivity index (χ2n) is 10.3. The minimum atomic E-state index is -0.691. The molecule has 3 amide bonds. The second-order valence-corrected chi connectivity index (χ2v) is 11.9. The Bertz CT molecular complexity index is 902. The number of amides is 3. The van der Waals surface area contributed by atoms with Gasteiger partial charge in [0, 0.05) is 17.3 Å². The third kappa shape index (κ3) is 3.81. The van der Waals surface area contributed by atoms with E-state index in [2.05, 4.69) is 10.6 Å². The van der Waals surface area contributed by atoms with Gasteiger partial charge in [-0.15, -0.1) is 11.8 Å². The maximum Gasteiger partial charge on any atom is 0.244 e. The van der Waals surface area contributed by atoms with Crippen molar-refractivity contribution in [2.75, 3.05) is 6.61 Å².